The molecule has 1 fully saturated rings. The molecule has 0 atom stereocenters. The fourth-order valence-corrected chi connectivity index (χ4v) is 3.21. The van der Waals surface area contributed by atoms with Crippen molar-refractivity contribution < 1.29 is 0 Å². The van der Waals surface area contributed by atoms with E-state index in [-0.39, 0.29) is 11.1 Å². The van der Waals surface area contributed by atoms with Crippen molar-refractivity contribution in [3.8, 4) is 0 Å². The van der Waals surface area contributed by atoms with Crippen LogP contribution in [0.25, 0.3) is 10.9 Å². The van der Waals surface area contributed by atoms with Crippen LogP contribution in [0.15, 0.2) is 35.1 Å². The summed E-state index contributed by atoms with van der Waals surface area (Å²) < 4.78 is 0. The van der Waals surface area contributed by atoms with Gasteiger partial charge in [-0.05, 0) is 56.0 Å². The van der Waals surface area contributed by atoms with E-state index in [1.807, 2.05) is 30.3 Å². The number of aromatic nitrogens is 1. The Morgan fingerprint density at radius 1 is 1.29 bits per heavy atom. The zero-order valence-corrected chi connectivity index (χ0v) is 12.9. The lowest BCUT2D eigenvalue weighted by atomic mass is 9.78. The largest absolute Gasteiger partial charge is 0.322 e. The molecule has 21 heavy (non-hydrogen) atoms. The number of para-hydroxylation sites is 1. The molecule has 3 heteroatoms. The van der Waals surface area contributed by atoms with E-state index in [1.165, 1.54) is 25.7 Å². The van der Waals surface area contributed by atoms with E-state index < -0.39 is 0 Å². The van der Waals surface area contributed by atoms with E-state index in [0.29, 0.717) is 6.54 Å². The molecule has 0 bridgehead atoms. The minimum atomic E-state index is 0.0222. The van der Waals surface area contributed by atoms with Gasteiger partial charge < -0.3 is 10.3 Å². The van der Waals surface area contributed by atoms with Crippen LogP contribution < -0.4 is 10.9 Å². The van der Waals surface area contributed by atoms with Gasteiger partial charge in [0.25, 0.3) is 5.56 Å². The lowest BCUT2D eigenvalue weighted by Gasteiger charge is -2.37. The Balaban J connectivity index is 1.76. The zero-order chi connectivity index (χ0) is 14.9. The molecule has 1 saturated carbocycles. The number of aromatic amines is 1. The molecule has 1 aromatic heterocycles. The summed E-state index contributed by atoms with van der Waals surface area (Å²) in [4.78, 5) is 15.1. The molecule has 3 rings (SSSR count). The van der Waals surface area contributed by atoms with Crippen LogP contribution in [0.1, 0.15) is 45.1 Å². The predicted octanol–water partition coefficient (Wildman–Crippen LogP) is 3.59. The molecule has 2 N–H and O–H groups in total. The molecule has 3 nitrogen and oxygen atoms in total. The van der Waals surface area contributed by atoms with Crippen molar-refractivity contribution in [1.29, 1.82) is 0 Å². The van der Waals surface area contributed by atoms with Crippen LogP contribution in [0.4, 0.5) is 0 Å². The van der Waals surface area contributed by atoms with Gasteiger partial charge in [0.15, 0.2) is 0 Å². The minimum absolute atomic E-state index is 0.0222. The van der Waals surface area contributed by atoms with Gasteiger partial charge >= 0.3 is 0 Å². The Hall–Kier alpha value is -1.61. The van der Waals surface area contributed by atoms with E-state index in [1.54, 1.807) is 0 Å². The topological polar surface area (TPSA) is 44.9 Å². The number of fused-ring (bicyclic) bond motifs is 1. The molecule has 0 saturated heterocycles. The first-order valence-corrected chi connectivity index (χ1v) is 7.92. The monoisotopic (exact) mass is 284 g/mol. The number of H-pyrrole nitrogens is 1. The summed E-state index contributed by atoms with van der Waals surface area (Å²) in [6.45, 7) is 5.26. The molecule has 1 heterocycles. The third-order valence-corrected chi connectivity index (χ3v) is 4.91. The second-order valence-corrected chi connectivity index (χ2v) is 6.81. The Bertz CT molecular complexity index is 681. The van der Waals surface area contributed by atoms with Crippen LogP contribution in [0.5, 0.6) is 0 Å². The van der Waals surface area contributed by atoms with Gasteiger partial charge in [0.1, 0.15) is 0 Å². The first-order valence-electron chi connectivity index (χ1n) is 7.92. The average molecular weight is 284 g/mol. The van der Waals surface area contributed by atoms with Crippen LogP contribution >= 0.6 is 0 Å². The predicted molar refractivity (Wildman–Crippen MR) is 87.4 cm³/mol. The lowest BCUT2D eigenvalue weighted by Crippen LogP contribution is -2.45. The smallest absolute Gasteiger partial charge is 0.252 e. The summed E-state index contributed by atoms with van der Waals surface area (Å²) >= 11 is 0. The molecular formula is C18H24N2O. The molecule has 112 valence electrons. The van der Waals surface area contributed by atoms with Gasteiger partial charge in [0.2, 0.25) is 0 Å². The van der Waals surface area contributed by atoms with Crippen molar-refractivity contribution in [2.24, 2.45) is 5.92 Å². The molecule has 0 spiro atoms. The summed E-state index contributed by atoms with van der Waals surface area (Å²) in [5.74, 6) is 0.837. The molecule has 0 radical (unpaired) electrons. The standard InChI is InChI=1S/C18H24N2O/c1-13-7-9-18(2,10-8-13)19-12-15-11-14-5-3-4-6-16(14)20-17(15)21/h3-6,11,13,19H,7-10,12H2,1-2H3,(H,20,21). The highest BCUT2D eigenvalue weighted by molar-refractivity contribution is 5.78. The van der Waals surface area contributed by atoms with Crippen molar-refractivity contribution in [2.45, 2.75) is 51.6 Å². The number of hydrogen-bond donors (Lipinski definition) is 2. The highest BCUT2D eigenvalue weighted by Crippen LogP contribution is 2.31. The van der Waals surface area contributed by atoms with E-state index >= 15 is 0 Å². The Morgan fingerprint density at radius 3 is 2.76 bits per heavy atom. The van der Waals surface area contributed by atoms with Crippen LogP contribution in [-0.4, -0.2) is 10.5 Å². The number of benzene rings is 1. The van der Waals surface area contributed by atoms with Crippen LogP contribution in [0.3, 0.4) is 0 Å². The van der Waals surface area contributed by atoms with Crippen LogP contribution in [0, 0.1) is 5.92 Å². The molecule has 0 unspecified atom stereocenters. The fourth-order valence-electron chi connectivity index (χ4n) is 3.21. The quantitative estimate of drug-likeness (QED) is 0.904. The summed E-state index contributed by atoms with van der Waals surface area (Å²) in [5, 5.41) is 4.71. The average Bonchev–Trinajstić information content (AvgIpc) is 2.49. The lowest BCUT2D eigenvalue weighted by molar-refractivity contribution is 0.212. The second-order valence-electron chi connectivity index (χ2n) is 6.81. The van der Waals surface area contributed by atoms with Crippen LogP contribution in [-0.2, 0) is 6.54 Å². The Kier molecular flexibility index (Phi) is 3.85. The summed E-state index contributed by atoms with van der Waals surface area (Å²) in [6, 6.07) is 9.94. The van der Waals surface area contributed by atoms with Crippen molar-refractivity contribution in [1.82, 2.24) is 10.3 Å². The highest BCUT2D eigenvalue weighted by atomic mass is 16.1. The van der Waals surface area contributed by atoms with E-state index in [2.05, 4.69) is 24.1 Å². The molecule has 1 aliphatic rings. The Morgan fingerprint density at radius 2 is 2.00 bits per heavy atom. The first kappa shape index (κ1) is 14.3. The molecule has 2 aromatic rings. The number of rotatable bonds is 3. The Labute approximate surface area is 125 Å². The molecule has 0 amide bonds. The first-order chi connectivity index (χ1) is 10.1. The number of hydrogen-bond acceptors (Lipinski definition) is 2. The van der Waals surface area contributed by atoms with Crippen molar-refractivity contribution in [3.05, 3.63) is 46.2 Å². The molecule has 1 aliphatic carbocycles. The van der Waals surface area contributed by atoms with Crippen LogP contribution in [0.2, 0.25) is 0 Å². The summed E-state index contributed by atoms with van der Waals surface area (Å²) in [5.41, 5.74) is 1.93. The van der Waals surface area contributed by atoms with Gasteiger partial charge in [-0.25, -0.2) is 0 Å². The third kappa shape index (κ3) is 3.18. The summed E-state index contributed by atoms with van der Waals surface area (Å²) in [7, 11) is 0. The van der Waals surface area contributed by atoms with E-state index in [4.69, 9.17) is 0 Å². The van der Waals surface area contributed by atoms with Gasteiger partial charge in [-0.15, -0.1) is 0 Å². The van der Waals surface area contributed by atoms with Crippen molar-refractivity contribution in [2.75, 3.05) is 0 Å². The normalized spacial score (nSPS) is 26.1. The molecular weight excluding hydrogens is 260 g/mol. The number of nitrogens with one attached hydrogen (secondary N) is 2. The molecule has 0 aliphatic heterocycles. The van der Waals surface area contributed by atoms with Gasteiger partial charge in [-0.1, -0.05) is 25.1 Å². The van der Waals surface area contributed by atoms with E-state index in [9.17, 15) is 4.79 Å². The zero-order valence-electron chi connectivity index (χ0n) is 12.9. The van der Waals surface area contributed by atoms with Gasteiger partial charge in [0.05, 0.1) is 0 Å². The maximum absolute atomic E-state index is 12.2. The highest BCUT2D eigenvalue weighted by Gasteiger charge is 2.28. The van der Waals surface area contributed by atoms with Gasteiger partial charge in [0, 0.05) is 23.2 Å². The minimum Gasteiger partial charge on any atom is -0.322 e. The SMILES string of the molecule is CC1CCC(C)(NCc2cc3ccccc3[nH]c2=O)CC1. The third-order valence-electron chi connectivity index (χ3n) is 4.91. The summed E-state index contributed by atoms with van der Waals surface area (Å²) in [6.07, 6.45) is 4.94. The van der Waals surface area contributed by atoms with E-state index in [0.717, 1.165) is 22.4 Å². The maximum atomic E-state index is 12.2. The van der Waals surface area contributed by atoms with Gasteiger partial charge in [-0.2, -0.15) is 0 Å². The van der Waals surface area contributed by atoms with Gasteiger partial charge in [-0.3, -0.25) is 4.79 Å². The molecule has 1 aromatic carbocycles. The van der Waals surface area contributed by atoms with Crippen molar-refractivity contribution in [3.63, 3.8) is 0 Å². The van der Waals surface area contributed by atoms with Crippen molar-refractivity contribution >= 4 is 10.9 Å². The fraction of sp³-hybridized carbons (Fsp3) is 0.500. The maximum Gasteiger partial charge on any atom is 0.252 e. The second kappa shape index (κ2) is 5.64. The number of pyridine rings is 1.